The van der Waals surface area contributed by atoms with Crippen LogP contribution < -0.4 is 10.6 Å². The van der Waals surface area contributed by atoms with Gasteiger partial charge in [0.25, 0.3) is 0 Å². The topological polar surface area (TPSA) is 96.3 Å². The smallest absolute Gasteiger partial charge is 0.326 e. The molecule has 0 saturated heterocycles. The maximum Gasteiger partial charge on any atom is 0.326 e. The van der Waals surface area contributed by atoms with E-state index < -0.39 is 18.0 Å². The van der Waals surface area contributed by atoms with E-state index in [1.54, 1.807) is 12.5 Å². The Morgan fingerprint density at radius 3 is 2.84 bits per heavy atom. The molecule has 7 heteroatoms. The number of hydrogen-bond donors (Lipinski definition) is 3. The van der Waals surface area contributed by atoms with Crippen molar-refractivity contribution in [1.29, 1.82) is 0 Å². The third-order valence-corrected chi connectivity index (χ3v) is 2.62. The summed E-state index contributed by atoms with van der Waals surface area (Å²) in [5, 5.41) is 14.0. The summed E-state index contributed by atoms with van der Waals surface area (Å²) < 4.78 is 1.91. The number of carbonyl (C=O) groups excluding carboxylic acids is 1. The second-order valence-electron chi connectivity index (χ2n) is 4.23. The molecule has 0 fully saturated rings. The predicted octanol–water partition coefficient (Wildman–Crippen LogP) is 0.826. The number of carbonyl (C=O) groups is 2. The summed E-state index contributed by atoms with van der Waals surface area (Å²) in [7, 11) is 0. The van der Waals surface area contributed by atoms with E-state index in [0.717, 1.165) is 13.0 Å². The summed E-state index contributed by atoms with van der Waals surface area (Å²) in [5.74, 6) is -1.00. The Balaban J connectivity index is 2.17. The van der Waals surface area contributed by atoms with E-state index in [1.165, 1.54) is 0 Å². The monoisotopic (exact) mass is 268 g/mol. The molecule has 2 amide bonds. The molecule has 0 aliphatic heterocycles. The van der Waals surface area contributed by atoms with Crippen molar-refractivity contribution in [2.75, 3.05) is 6.54 Å². The van der Waals surface area contributed by atoms with Gasteiger partial charge in [-0.15, -0.1) is 0 Å². The van der Waals surface area contributed by atoms with Crippen molar-refractivity contribution in [3.05, 3.63) is 18.7 Å². The Bertz CT molecular complexity index is 392. The minimum atomic E-state index is -1.00. The second kappa shape index (κ2) is 8.12. The van der Waals surface area contributed by atoms with Crippen molar-refractivity contribution in [3.8, 4) is 0 Å². The number of aliphatic carboxylic acids is 1. The molecule has 1 heterocycles. The number of carboxylic acids is 1. The van der Waals surface area contributed by atoms with Crippen LogP contribution in [-0.2, 0) is 11.3 Å². The number of hydrogen-bond acceptors (Lipinski definition) is 3. The van der Waals surface area contributed by atoms with Gasteiger partial charge < -0.3 is 20.3 Å². The molecule has 0 radical (unpaired) electrons. The predicted molar refractivity (Wildman–Crippen MR) is 69.7 cm³/mol. The van der Waals surface area contributed by atoms with E-state index in [-0.39, 0.29) is 0 Å². The Labute approximate surface area is 112 Å². The van der Waals surface area contributed by atoms with Gasteiger partial charge in [-0.1, -0.05) is 13.3 Å². The Kier molecular flexibility index (Phi) is 6.42. The molecule has 0 aromatic carbocycles. The molecule has 3 N–H and O–H groups in total. The quantitative estimate of drug-likeness (QED) is 0.608. The van der Waals surface area contributed by atoms with Crippen LogP contribution in [0.1, 0.15) is 26.2 Å². The van der Waals surface area contributed by atoms with Gasteiger partial charge in [0.05, 0.1) is 6.33 Å². The Morgan fingerprint density at radius 1 is 1.47 bits per heavy atom. The molecule has 0 aliphatic rings. The first-order valence-electron chi connectivity index (χ1n) is 6.36. The van der Waals surface area contributed by atoms with Gasteiger partial charge in [-0.3, -0.25) is 0 Å². The first-order valence-corrected chi connectivity index (χ1v) is 6.36. The molecule has 0 saturated carbocycles. The van der Waals surface area contributed by atoms with Gasteiger partial charge in [-0.05, 0) is 12.8 Å². The van der Waals surface area contributed by atoms with Crippen LogP contribution in [0.4, 0.5) is 4.79 Å². The maximum absolute atomic E-state index is 11.5. The maximum atomic E-state index is 11.5. The number of urea groups is 1. The zero-order valence-corrected chi connectivity index (χ0v) is 11.0. The van der Waals surface area contributed by atoms with Crippen LogP contribution in [0.25, 0.3) is 0 Å². The number of carboxylic acid groups (broad SMARTS) is 1. The van der Waals surface area contributed by atoms with Crippen LogP contribution in [0, 0.1) is 0 Å². The van der Waals surface area contributed by atoms with Gasteiger partial charge >= 0.3 is 12.0 Å². The number of imidazole rings is 1. The molecule has 0 spiro atoms. The van der Waals surface area contributed by atoms with E-state index in [0.29, 0.717) is 19.4 Å². The van der Waals surface area contributed by atoms with E-state index >= 15 is 0 Å². The summed E-state index contributed by atoms with van der Waals surface area (Å²) in [5.41, 5.74) is 0. The number of rotatable bonds is 8. The molecule has 0 aliphatic carbocycles. The number of nitrogens with zero attached hydrogens (tertiary/aromatic N) is 2. The van der Waals surface area contributed by atoms with Crippen LogP contribution >= 0.6 is 0 Å². The number of nitrogens with one attached hydrogen (secondary N) is 2. The van der Waals surface area contributed by atoms with Crippen LogP contribution in [0.2, 0.25) is 0 Å². The zero-order chi connectivity index (χ0) is 14.1. The van der Waals surface area contributed by atoms with E-state index in [1.807, 2.05) is 17.7 Å². The molecule has 0 bridgehead atoms. The van der Waals surface area contributed by atoms with Crippen molar-refractivity contribution in [3.63, 3.8) is 0 Å². The molecule has 106 valence electrons. The number of aromatic nitrogens is 2. The lowest BCUT2D eigenvalue weighted by molar-refractivity contribution is -0.139. The SMILES string of the molecule is CCCC(NC(=O)NCCCn1ccnc1)C(=O)O. The number of aryl methyl sites for hydroxylation is 1. The fourth-order valence-electron chi connectivity index (χ4n) is 1.64. The minimum Gasteiger partial charge on any atom is -0.480 e. The van der Waals surface area contributed by atoms with Crippen molar-refractivity contribution < 1.29 is 14.7 Å². The highest BCUT2D eigenvalue weighted by Gasteiger charge is 2.18. The summed E-state index contributed by atoms with van der Waals surface area (Å²) in [6, 6.07) is -1.26. The first kappa shape index (κ1) is 15.0. The minimum absolute atomic E-state index is 0.428. The second-order valence-corrected chi connectivity index (χ2v) is 4.23. The molecule has 1 atom stereocenters. The normalized spacial score (nSPS) is 11.8. The molecule has 1 aromatic heterocycles. The first-order chi connectivity index (χ1) is 9.13. The highest BCUT2D eigenvalue weighted by molar-refractivity contribution is 5.82. The highest BCUT2D eigenvalue weighted by atomic mass is 16.4. The van der Waals surface area contributed by atoms with Crippen molar-refractivity contribution in [2.45, 2.75) is 38.8 Å². The third kappa shape index (κ3) is 5.89. The van der Waals surface area contributed by atoms with Gasteiger partial charge in [0.15, 0.2) is 0 Å². The summed E-state index contributed by atoms with van der Waals surface area (Å²) in [4.78, 5) is 26.3. The summed E-state index contributed by atoms with van der Waals surface area (Å²) in [6.07, 6.45) is 7.15. The molecular formula is C12H20N4O3. The van der Waals surface area contributed by atoms with Crippen LogP contribution in [-0.4, -0.2) is 39.2 Å². The third-order valence-electron chi connectivity index (χ3n) is 2.62. The van der Waals surface area contributed by atoms with Gasteiger partial charge in [-0.2, -0.15) is 0 Å². The standard InChI is InChI=1S/C12H20N4O3/c1-2-4-10(11(17)18)15-12(19)14-5-3-7-16-8-6-13-9-16/h6,8-10H,2-5,7H2,1H3,(H,17,18)(H2,14,15,19). The van der Waals surface area contributed by atoms with Gasteiger partial charge in [0.1, 0.15) is 6.04 Å². The zero-order valence-electron chi connectivity index (χ0n) is 11.0. The molecule has 7 nitrogen and oxygen atoms in total. The van der Waals surface area contributed by atoms with E-state index in [2.05, 4.69) is 15.6 Å². The van der Waals surface area contributed by atoms with Gasteiger partial charge in [-0.25, -0.2) is 14.6 Å². The van der Waals surface area contributed by atoms with Crippen molar-refractivity contribution in [1.82, 2.24) is 20.2 Å². The molecular weight excluding hydrogens is 248 g/mol. The number of amides is 2. The van der Waals surface area contributed by atoms with E-state index in [9.17, 15) is 9.59 Å². The average molecular weight is 268 g/mol. The largest absolute Gasteiger partial charge is 0.480 e. The van der Waals surface area contributed by atoms with Crippen LogP contribution in [0.5, 0.6) is 0 Å². The molecule has 1 rings (SSSR count). The van der Waals surface area contributed by atoms with Crippen LogP contribution in [0.15, 0.2) is 18.7 Å². The lowest BCUT2D eigenvalue weighted by atomic mass is 10.2. The lowest BCUT2D eigenvalue weighted by Crippen LogP contribution is -2.46. The van der Waals surface area contributed by atoms with Crippen LogP contribution in [0.3, 0.4) is 0 Å². The summed E-state index contributed by atoms with van der Waals surface area (Å²) >= 11 is 0. The fourth-order valence-corrected chi connectivity index (χ4v) is 1.64. The molecule has 1 aromatic rings. The van der Waals surface area contributed by atoms with E-state index in [4.69, 9.17) is 5.11 Å². The molecule has 19 heavy (non-hydrogen) atoms. The van der Waals surface area contributed by atoms with Gasteiger partial charge in [0, 0.05) is 25.5 Å². The van der Waals surface area contributed by atoms with Gasteiger partial charge in [0.2, 0.25) is 0 Å². The summed E-state index contributed by atoms with van der Waals surface area (Å²) in [6.45, 7) is 3.13. The fraction of sp³-hybridized carbons (Fsp3) is 0.583. The van der Waals surface area contributed by atoms with Crippen molar-refractivity contribution in [2.24, 2.45) is 0 Å². The Morgan fingerprint density at radius 2 is 2.26 bits per heavy atom. The highest BCUT2D eigenvalue weighted by Crippen LogP contribution is 1.96. The average Bonchev–Trinajstić information content (AvgIpc) is 2.87. The van der Waals surface area contributed by atoms with Crippen molar-refractivity contribution >= 4 is 12.0 Å². The molecule has 1 unspecified atom stereocenters. The lowest BCUT2D eigenvalue weighted by Gasteiger charge is -2.14. The Hall–Kier alpha value is -2.05.